The zero-order valence-electron chi connectivity index (χ0n) is 13.5. The third-order valence-corrected chi connectivity index (χ3v) is 4.30. The minimum absolute atomic E-state index is 0.0684. The Morgan fingerprint density at radius 1 is 1.17 bits per heavy atom. The molecule has 0 aliphatic heterocycles. The predicted molar refractivity (Wildman–Crippen MR) is 93.2 cm³/mol. The standard InChI is InChI=1S/C18H18ClN3O2/c1-22(2)18(24)15-4-3-5-16(20-15)21-17(23)14-10-13(14)11-6-8-12(19)9-7-11/h3-9,13-14H,10H2,1-2H3,(H,20,21,23)/t13-,14+/m0/s1. The van der Waals surface area contributed by atoms with Crippen LogP contribution in [0.3, 0.4) is 0 Å². The molecular formula is C18H18ClN3O2. The Morgan fingerprint density at radius 3 is 2.54 bits per heavy atom. The van der Waals surface area contributed by atoms with E-state index < -0.39 is 0 Å². The molecule has 1 heterocycles. The van der Waals surface area contributed by atoms with E-state index in [1.165, 1.54) is 4.90 Å². The highest BCUT2D eigenvalue weighted by atomic mass is 35.5. The summed E-state index contributed by atoms with van der Waals surface area (Å²) >= 11 is 5.89. The summed E-state index contributed by atoms with van der Waals surface area (Å²) in [5.74, 6) is 0.276. The molecule has 1 aliphatic rings. The van der Waals surface area contributed by atoms with E-state index in [0.29, 0.717) is 16.5 Å². The first-order valence-corrected chi connectivity index (χ1v) is 8.08. The number of amides is 2. The molecule has 124 valence electrons. The summed E-state index contributed by atoms with van der Waals surface area (Å²) < 4.78 is 0. The van der Waals surface area contributed by atoms with Crippen molar-refractivity contribution in [2.24, 2.45) is 5.92 Å². The molecular weight excluding hydrogens is 326 g/mol. The number of carbonyl (C=O) groups is 2. The zero-order chi connectivity index (χ0) is 17.3. The molecule has 0 radical (unpaired) electrons. The molecule has 1 aliphatic carbocycles. The Hall–Kier alpha value is -2.40. The van der Waals surface area contributed by atoms with Crippen LogP contribution >= 0.6 is 11.6 Å². The number of nitrogens with one attached hydrogen (secondary N) is 1. The van der Waals surface area contributed by atoms with Gasteiger partial charge in [-0.2, -0.15) is 0 Å². The van der Waals surface area contributed by atoms with Crippen molar-refractivity contribution in [3.63, 3.8) is 0 Å². The van der Waals surface area contributed by atoms with Crippen molar-refractivity contribution in [1.29, 1.82) is 0 Å². The molecule has 0 saturated heterocycles. The summed E-state index contributed by atoms with van der Waals surface area (Å²) in [5.41, 5.74) is 1.42. The van der Waals surface area contributed by atoms with Gasteiger partial charge in [-0.15, -0.1) is 0 Å². The van der Waals surface area contributed by atoms with E-state index in [-0.39, 0.29) is 23.7 Å². The summed E-state index contributed by atoms with van der Waals surface area (Å²) in [6, 6.07) is 12.6. The van der Waals surface area contributed by atoms with Gasteiger partial charge in [0.15, 0.2) is 0 Å². The number of rotatable bonds is 4. The van der Waals surface area contributed by atoms with Crippen molar-refractivity contribution in [1.82, 2.24) is 9.88 Å². The zero-order valence-corrected chi connectivity index (χ0v) is 14.2. The first kappa shape index (κ1) is 16.5. The molecule has 2 amide bonds. The van der Waals surface area contributed by atoms with Crippen LogP contribution < -0.4 is 5.32 Å². The van der Waals surface area contributed by atoms with Crippen LogP contribution in [0.4, 0.5) is 5.82 Å². The molecule has 3 rings (SSSR count). The minimum atomic E-state index is -0.198. The van der Waals surface area contributed by atoms with Crippen molar-refractivity contribution >= 4 is 29.2 Å². The summed E-state index contributed by atoms with van der Waals surface area (Å²) in [6.07, 6.45) is 0.809. The van der Waals surface area contributed by atoms with E-state index >= 15 is 0 Å². The molecule has 24 heavy (non-hydrogen) atoms. The van der Waals surface area contributed by atoms with Gasteiger partial charge in [-0.1, -0.05) is 29.8 Å². The second-order valence-corrected chi connectivity index (χ2v) is 6.53. The predicted octanol–water partition coefficient (Wildman–Crippen LogP) is 3.18. The average molecular weight is 344 g/mol. The van der Waals surface area contributed by atoms with Crippen molar-refractivity contribution in [2.45, 2.75) is 12.3 Å². The molecule has 1 saturated carbocycles. The van der Waals surface area contributed by atoms with E-state index in [1.54, 1.807) is 32.3 Å². The quantitative estimate of drug-likeness (QED) is 0.927. The Bertz CT molecular complexity index is 774. The van der Waals surface area contributed by atoms with Gasteiger partial charge in [0.1, 0.15) is 11.5 Å². The molecule has 1 aromatic heterocycles. The smallest absolute Gasteiger partial charge is 0.272 e. The normalized spacial score (nSPS) is 18.8. The number of benzene rings is 1. The van der Waals surface area contributed by atoms with E-state index in [1.807, 2.05) is 24.3 Å². The number of halogens is 1. The lowest BCUT2D eigenvalue weighted by atomic mass is 10.1. The van der Waals surface area contributed by atoms with Crippen LogP contribution in [0, 0.1) is 5.92 Å². The minimum Gasteiger partial charge on any atom is -0.343 e. The lowest BCUT2D eigenvalue weighted by Crippen LogP contribution is -2.23. The molecule has 6 heteroatoms. The number of pyridine rings is 1. The summed E-state index contributed by atoms with van der Waals surface area (Å²) in [4.78, 5) is 30.0. The van der Waals surface area contributed by atoms with Crippen molar-refractivity contribution < 1.29 is 9.59 Å². The molecule has 2 aromatic rings. The van der Waals surface area contributed by atoms with Gasteiger partial charge >= 0.3 is 0 Å². The van der Waals surface area contributed by atoms with Crippen molar-refractivity contribution in [3.8, 4) is 0 Å². The van der Waals surface area contributed by atoms with Gasteiger partial charge in [0, 0.05) is 25.0 Å². The fraction of sp³-hybridized carbons (Fsp3) is 0.278. The van der Waals surface area contributed by atoms with E-state index in [9.17, 15) is 9.59 Å². The van der Waals surface area contributed by atoms with Crippen LogP contribution in [0.15, 0.2) is 42.5 Å². The van der Waals surface area contributed by atoms with Crippen molar-refractivity contribution in [3.05, 3.63) is 58.7 Å². The van der Waals surface area contributed by atoms with E-state index in [4.69, 9.17) is 11.6 Å². The fourth-order valence-electron chi connectivity index (χ4n) is 2.63. The van der Waals surface area contributed by atoms with Gasteiger partial charge < -0.3 is 10.2 Å². The molecule has 0 unspecified atom stereocenters. The van der Waals surface area contributed by atoms with Crippen LogP contribution in [-0.4, -0.2) is 35.8 Å². The number of carbonyl (C=O) groups excluding carboxylic acids is 2. The fourth-order valence-corrected chi connectivity index (χ4v) is 2.76. The summed E-state index contributed by atoms with van der Waals surface area (Å²) in [7, 11) is 3.33. The largest absolute Gasteiger partial charge is 0.343 e. The van der Waals surface area contributed by atoms with Gasteiger partial charge in [0.05, 0.1) is 0 Å². The highest BCUT2D eigenvalue weighted by Gasteiger charge is 2.44. The SMILES string of the molecule is CN(C)C(=O)c1cccc(NC(=O)[C@@H]2C[C@H]2c2ccc(Cl)cc2)n1. The van der Waals surface area contributed by atoms with Gasteiger partial charge in [-0.05, 0) is 42.2 Å². The first-order chi connectivity index (χ1) is 11.5. The topological polar surface area (TPSA) is 62.3 Å². The van der Waals surface area contributed by atoms with Crippen LogP contribution in [0.5, 0.6) is 0 Å². The third-order valence-electron chi connectivity index (χ3n) is 4.05. The maximum absolute atomic E-state index is 12.4. The van der Waals surface area contributed by atoms with Gasteiger partial charge in [-0.3, -0.25) is 9.59 Å². The third kappa shape index (κ3) is 3.57. The van der Waals surface area contributed by atoms with E-state index in [0.717, 1.165) is 12.0 Å². The molecule has 2 atom stereocenters. The number of aromatic nitrogens is 1. The summed E-state index contributed by atoms with van der Waals surface area (Å²) in [6.45, 7) is 0. The second-order valence-electron chi connectivity index (χ2n) is 6.10. The number of hydrogen-bond acceptors (Lipinski definition) is 3. The molecule has 1 aromatic carbocycles. The maximum Gasteiger partial charge on any atom is 0.272 e. The Labute approximate surface area is 145 Å². The Balaban J connectivity index is 1.65. The number of anilines is 1. The highest BCUT2D eigenvalue weighted by molar-refractivity contribution is 6.30. The monoisotopic (exact) mass is 343 g/mol. The highest BCUT2D eigenvalue weighted by Crippen LogP contribution is 2.48. The van der Waals surface area contributed by atoms with Gasteiger partial charge in [-0.25, -0.2) is 4.98 Å². The van der Waals surface area contributed by atoms with Gasteiger partial charge in [0.25, 0.3) is 5.91 Å². The maximum atomic E-state index is 12.4. The molecule has 0 bridgehead atoms. The number of hydrogen-bond donors (Lipinski definition) is 1. The molecule has 5 nitrogen and oxygen atoms in total. The lowest BCUT2D eigenvalue weighted by molar-refractivity contribution is -0.117. The Morgan fingerprint density at radius 2 is 1.88 bits per heavy atom. The first-order valence-electron chi connectivity index (χ1n) is 7.71. The molecule has 1 N–H and O–H groups in total. The van der Waals surface area contributed by atoms with E-state index in [2.05, 4.69) is 10.3 Å². The average Bonchev–Trinajstić information content (AvgIpc) is 3.35. The summed E-state index contributed by atoms with van der Waals surface area (Å²) in [5, 5.41) is 3.49. The van der Waals surface area contributed by atoms with Crippen LogP contribution in [0.1, 0.15) is 28.4 Å². The van der Waals surface area contributed by atoms with Crippen molar-refractivity contribution in [2.75, 3.05) is 19.4 Å². The second kappa shape index (κ2) is 6.61. The molecule has 0 spiro atoms. The Kier molecular flexibility index (Phi) is 4.53. The van der Waals surface area contributed by atoms with Crippen LogP contribution in [0.25, 0.3) is 0 Å². The van der Waals surface area contributed by atoms with Gasteiger partial charge in [0.2, 0.25) is 5.91 Å². The number of nitrogens with zero attached hydrogens (tertiary/aromatic N) is 2. The van der Waals surface area contributed by atoms with Crippen LogP contribution in [-0.2, 0) is 4.79 Å². The van der Waals surface area contributed by atoms with Crippen LogP contribution in [0.2, 0.25) is 5.02 Å². The lowest BCUT2D eigenvalue weighted by Gasteiger charge is -2.10. The molecule has 1 fully saturated rings.